The topological polar surface area (TPSA) is 63.6 Å². The molecule has 1 N–H and O–H groups in total. The molecule has 0 radical (unpaired) electrons. The van der Waals surface area contributed by atoms with E-state index in [4.69, 9.17) is 4.74 Å². The molecule has 0 bridgehead atoms. The second-order valence-electron chi connectivity index (χ2n) is 12.4. The van der Waals surface area contributed by atoms with Crippen molar-refractivity contribution >= 4 is 11.9 Å². The van der Waals surface area contributed by atoms with Gasteiger partial charge in [0.1, 0.15) is 6.10 Å². The average Bonchev–Trinajstić information content (AvgIpc) is 3.00. The molecule has 0 amide bonds. The summed E-state index contributed by atoms with van der Waals surface area (Å²) in [4.78, 5) is 23.6. The predicted molar refractivity (Wildman–Crippen MR) is 190 cm³/mol. The van der Waals surface area contributed by atoms with Gasteiger partial charge < -0.3 is 9.84 Å². The van der Waals surface area contributed by atoms with E-state index in [2.05, 4.69) is 62.5 Å². The first-order valence-electron chi connectivity index (χ1n) is 18.6. The largest absolute Gasteiger partial charge is 0.481 e. The Labute approximate surface area is 272 Å². The van der Waals surface area contributed by atoms with Crippen molar-refractivity contribution in [1.82, 2.24) is 0 Å². The number of carbonyl (C=O) groups excluding carboxylic acids is 1. The van der Waals surface area contributed by atoms with Crippen molar-refractivity contribution in [3.63, 3.8) is 0 Å². The molecule has 4 heteroatoms. The molecule has 44 heavy (non-hydrogen) atoms. The third-order valence-electron chi connectivity index (χ3n) is 8.04. The van der Waals surface area contributed by atoms with Crippen LogP contribution in [0.15, 0.2) is 48.6 Å². The van der Waals surface area contributed by atoms with Crippen molar-refractivity contribution in [3.05, 3.63) is 48.6 Å². The molecule has 1 atom stereocenters. The summed E-state index contributed by atoms with van der Waals surface area (Å²) in [7, 11) is 0. The van der Waals surface area contributed by atoms with Gasteiger partial charge in [-0.1, -0.05) is 165 Å². The van der Waals surface area contributed by atoms with E-state index >= 15 is 0 Å². The van der Waals surface area contributed by atoms with Gasteiger partial charge in [0.15, 0.2) is 0 Å². The number of carboxylic acid groups (broad SMARTS) is 1. The maximum Gasteiger partial charge on any atom is 0.307 e. The van der Waals surface area contributed by atoms with E-state index in [9.17, 15) is 14.7 Å². The molecule has 0 heterocycles. The maximum absolute atomic E-state index is 12.3. The number of aliphatic carboxylic acids is 1. The van der Waals surface area contributed by atoms with Crippen LogP contribution in [-0.2, 0) is 14.3 Å². The zero-order valence-electron chi connectivity index (χ0n) is 29.0. The highest BCUT2D eigenvalue weighted by Crippen LogP contribution is 2.16. The van der Waals surface area contributed by atoms with Crippen molar-refractivity contribution in [2.24, 2.45) is 0 Å². The second kappa shape index (κ2) is 35.4. The molecule has 0 aliphatic heterocycles. The molecule has 254 valence electrons. The molecule has 0 fully saturated rings. The first-order chi connectivity index (χ1) is 21.6. The Kier molecular flexibility index (Phi) is 33.7. The van der Waals surface area contributed by atoms with Crippen LogP contribution in [0.1, 0.15) is 187 Å². The van der Waals surface area contributed by atoms with Crippen LogP contribution >= 0.6 is 0 Å². The molecule has 0 aliphatic rings. The normalized spacial score (nSPS) is 12.8. The van der Waals surface area contributed by atoms with Gasteiger partial charge in [0, 0.05) is 6.42 Å². The first-order valence-corrected chi connectivity index (χ1v) is 18.6. The SMILES string of the molecule is CCCCC/C=C\C/C=C\C/C=C\C/C=C\CCCC(=O)OC(CCCCCCCCCCCCCCCCC)CC(=O)O. The van der Waals surface area contributed by atoms with Crippen LogP contribution in [0, 0.1) is 0 Å². The Bertz CT molecular complexity index is 748. The summed E-state index contributed by atoms with van der Waals surface area (Å²) >= 11 is 0. The summed E-state index contributed by atoms with van der Waals surface area (Å²) in [5.41, 5.74) is 0. The fourth-order valence-corrected chi connectivity index (χ4v) is 5.31. The lowest BCUT2D eigenvalue weighted by Crippen LogP contribution is -2.21. The summed E-state index contributed by atoms with van der Waals surface area (Å²) < 4.78 is 5.54. The number of hydrogen-bond donors (Lipinski definition) is 1. The molecule has 0 saturated carbocycles. The van der Waals surface area contributed by atoms with Crippen LogP contribution in [0.4, 0.5) is 0 Å². The van der Waals surface area contributed by atoms with E-state index in [-0.39, 0.29) is 12.4 Å². The molecule has 0 aromatic heterocycles. The second-order valence-corrected chi connectivity index (χ2v) is 12.4. The molecule has 0 aromatic rings. The lowest BCUT2D eigenvalue weighted by Gasteiger charge is -2.16. The lowest BCUT2D eigenvalue weighted by atomic mass is 10.0. The van der Waals surface area contributed by atoms with Gasteiger partial charge in [-0.15, -0.1) is 0 Å². The predicted octanol–water partition coefficient (Wildman–Crippen LogP) is 12.8. The maximum atomic E-state index is 12.3. The van der Waals surface area contributed by atoms with Crippen LogP contribution in [0.5, 0.6) is 0 Å². The Hall–Kier alpha value is -2.10. The molecule has 0 aliphatic carbocycles. The summed E-state index contributed by atoms with van der Waals surface area (Å²) in [5.74, 6) is -1.17. The monoisotopic (exact) mass is 615 g/mol. The van der Waals surface area contributed by atoms with Crippen molar-refractivity contribution in [3.8, 4) is 0 Å². The smallest absolute Gasteiger partial charge is 0.307 e. The van der Waals surface area contributed by atoms with Crippen LogP contribution in [-0.4, -0.2) is 23.1 Å². The van der Waals surface area contributed by atoms with Gasteiger partial charge in [-0.25, -0.2) is 0 Å². The van der Waals surface area contributed by atoms with Gasteiger partial charge in [0.2, 0.25) is 0 Å². The van der Waals surface area contributed by atoms with Crippen molar-refractivity contribution < 1.29 is 19.4 Å². The Morgan fingerprint density at radius 3 is 1.36 bits per heavy atom. The van der Waals surface area contributed by atoms with Crippen LogP contribution in [0.2, 0.25) is 0 Å². The van der Waals surface area contributed by atoms with Crippen molar-refractivity contribution in [1.29, 1.82) is 0 Å². The summed E-state index contributed by atoms with van der Waals surface area (Å²) in [6, 6.07) is 0. The van der Waals surface area contributed by atoms with Crippen LogP contribution < -0.4 is 0 Å². The summed E-state index contributed by atoms with van der Waals surface area (Å²) in [6.45, 7) is 4.50. The van der Waals surface area contributed by atoms with E-state index in [1.165, 1.54) is 109 Å². The molecule has 0 spiro atoms. The number of hydrogen-bond acceptors (Lipinski definition) is 3. The minimum Gasteiger partial charge on any atom is -0.481 e. The number of unbranched alkanes of at least 4 members (excludes halogenated alkanes) is 18. The van der Waals surface area contributed by atoms with Crippen molar-refractivity contribution in [2.45, 2.75) is 193 Å². The Morgan fingerprint density at radius 2 is 0.909 bits per heavy atom. The molecule has 0 saturated heterocycles. The van der Waals surface area contributed by atoms with Gasteiger partial charge in [0.05, 0.1) is 6.42 Å². The summed E-state index contributed by atoms with van der Waals surface area (Å²) in [5, 5.41) is 9.24. The quantitative estimate of drug-likeness (QED) is 0.0454. The average molecular weight is 615 g/mol. The number of esters is 1. The first kappa shape index (κ1) is 41.9. The number of carbonyl (C=O) groups is 2. The highest BCUT2D eigenvalue weighted by atomic mass is 16.5. The van der Waals surface area contributed by atoms with E-state index in [1.54, 1.807) is 0 Å². The highest BCUT2D eigenvalue weighted by Gasteiger charge is 2.17. The number of ether oxygens (including phenoxy) is 1. The molecule has 4 nitrogen and oxygen atoms in total. The van der Waals surface area contributed by atoms with Crippen molar-refractivity contribution in [2.75, 3.05) is 0 Å². The Balaban J connectivity index is 3.79. The van der Waals surface area contributed by atoms with Crippen LogP contribution in [0.25, 0.3) is 0 Å². The van der Waals surface area contributed by atoms with Gasteiger partial charge in [-0.05, 0) is 57.8 Å². The lowest BCUT2D eigenvalue weighted by molar-refractivity contribution is -0.153. The van der Waals surface area contributed by atoms with Gasteiger partial charge in [-0.2, -0.15) is 0 Å². The third kappa shape index (κ3) is 34.4. The van der Waals surface area contributed by atoms with Gasteiger partial charge in [-0.3, -0.25) is 9.59 Å². The molecular weight excluding hydrogens is 544 g/mol. The number of carboxylic acids is 1. The highest BCUT2D eigenvalue weighted by molar-refractivity contribution is 5.71. The zero-order chi connectivity index (χ0) is 32.2. The third-order valence-corrected chi connectivity index (χ3v) is 8.04. The zero-order valence-corrected chi connectivity index (χ0v) is 29.0. The molecular formula is C40H70O4. The fourth-order valence-electron chi connectivity index (χ4n) is 5.31. The summed E-state index contributed by atoms with van der Waals surface area (Å²) in [6.07, 6.45) is 47.0. The minimum absolute atomic E-state index is 0.0957. The van der Waals surface area contributed by atoms with Crippen LogP contribution in [0.3, 0.4) is 0 Å². The van der Waals surface area contributed by atoms with E-state index < -0.39 is 12.1 Å². The standard InChI is InChI=1S/C40H70O4/c1-3-5-7-9-11-13-15-17-19-20-22-24-26-28-30-32-34-36-40(43)44-38(37-39(41)42)35-33-31-29-27-25-23-21-18-16-14-12-10-8-6-4-2/h11,13,17,19,22,24,28,30,38H,3-10,12,14-16,18,20-21,23,25-27,29,31-37H2,1-2H3,(H,41,42)/b13-11-,19-17-,24-22-,30-28-. The van der Waals surface area contributed by atoms with Gasteiger partial charge >= 0.3 is 11.9 Å². The minimum atomic E-state index is -0.898. The number of rotatable bonds is 33. The molecule has 1 unspecified atom stereocenters. The van der Waals surface area contributed by atoms with Gasteiger partial charge in [0.25, 0.3) is 0 Å². The van der Waals surface area contributed by atoms with E-state index in [0.29, 0.717) is 12.8 Å². The molecule has 0 aromatic carbocycles. The number of allylic oxidation sites excluding steroid dienone is 8. The fraction of sp³-hybridized carbons (Fsp3) is 0.750. The van der Waals surface area contributed by atoms with E-state index in [0.717, 1.165) is 44.9 Å². The van der Waals surface area contributed by atoms with E-state index in [1.807, 2.05) is 0 Å². The molecule has 0 rings (SSSR count). The Morgan fingerprint density at radius 1 is 0.523 bits per heavy atom.